The van der Waals surface area contributed by atoms with Crippen molar-refractivity contribution in [1.82, 2.24) is 0 Å². The molecule has 2 heterocycles. The predicted octanol–water partition coefficient (Wildman–Crippen LogP) is 19.3. The summed E-state index contributed by atoms with van der Waals surface area (Å²) in [5.74, 6) is 0. The molecule has 0 radical (unpaired) electrons. The summed E-state index contributed by atoms with van der Waals surface area (Å²) in [6.45, 7) is 18.7. The van der Waals surface area contributed by atoms with Gasteiger partial charge in [-0.25, -0.2) is 0 Å². The van der Waals surface area contributed by atoms with E-state index in [4.69, 9.17) is 0 Å². The predicted molar refractivity (Wildman–Crippen MR) is 294 cm³/mol. The van der Waals surface area contributed by atoms with Gasteiger partial charge in [-0.2, -0.15) is 0 Å². The monoisotopic (exact) mass is 910 g/mol. The molecule has 0 fully saturated rings. The van der Waals surface area contributed by atoms with E-state index in [1.165, 1.54) is 142 Å². The molecule has 0 N–H and O–H groups in total. The number of benzene rings is 8. The summed E-state index contributed by atoms with van der Waals surface area (Å²) in [7, 11) is 0. The van der Waals surface area contributed by atoms with Gasteiger partial charge in [0.15, 0.2) is 0 Å². The molecule has 0 saturated heterocycles. The van der Waals surface area contributed by atoms with E-state index >= 15 is 0 Å². The molecule has 0 atom stereocenters. The number of hydrogen-bond acceptors (Lipinski definition) is 2. The number of rotatable bonds is 7. The van der Waals surface area contributed by atoms with E-state index in [-0.39, 0.29) is 10.8 Å². The van der Waals surface area contributed by atoms with Gasteiger partial charge in [0.05, 0.1) is 0 Å². The largest absolute Gasteiger partial charge is 0.134 e. The summed E-state index contributed by atoms with van der Waals surface area (Å²) in [6, 6.07) is 68.9. The topological polar surface area (TPSA) is 0 Å². The van der Waals surface area contributed by atoms with Crippen molar-refractivity contribution >= 4 is 22.7 Å². The van der Waals surface area contributed by atoms with Gasteiger partial charge in [0.25, 0.3) is 0 Å². The summed E-state index contributed by atoms with van der Waals surface area (Å²) < 4.78 is 0. The molecule has 10 aromatic rings. The van der Waals surface area contributed by atoms with Crippen LogP contribution in [-0.2, 0) is 10.8 Å². The van der Waals surface area contributed by atoms with Crippen molar-refractivity contribution in [3.8, 4) is 97.4 Å². The third-order valence-electron chi connectivity index (χ3n) is 15.3. The second-order valence-electron chi connectivity index (χ2n) is 20.3. The molecule has 330 valence electrons. The maximum Gasteiger partial charge on any atom is 0.0449 e. The van der Waals surface area contributed by atoms with E-state index in [0.717, 1.165) is 0 Å². The summed E-state index contributed by atoms with van der Waals surface area (Å²) in [5.41, 5.74) is 29.0. The minimum atomic E-state index is -0.106. The lowest BCUT2D eigenvalue weighted by molar-refractivity contribution is 0.660. The van der Waals surface area contributed by atoms with Gasteiger partial charge >= 0.3 is 0 Å². The summed E-state index contributed by atoms with van der Waals surface area (Å²) in [6.07, 6.45) is 0. The van der Waals surface area contributed by atoms with Gasteiger partial charge in [0.1, 0.15) is 0 Å². The Balaban J connectivity index is 0.824. The van der Waals surface area contributed by atoms with Crippen LogP contribution in [0.25, 0.3) is 97.4 Å². The standard InChI is InChI=1S/C66H54S2/c1-39-19-21-47(33-51(39)53-37-59-55(31-41(53)3)49-25-23-45(35-57(49)65(59,5)6)43-15-11-9-12-16-43)61-27-29-63(67-61)64-30-28-62(68-64)48-22-20-40(2)52(34-48)54-38-60-56(32-42(54)4)50-26-24-46(36-58(50)66(60,7)8)44-17-13-10-14-18-44/h9-38H,1-8H3. The van der Waals surface area contributed by atoms with Gasteiger partial charge in [0.2, 0.25) is 0 Å². The van der Waals surface area contributed by atoms with Gasteiger partial charge in [-0.3, -0.25) is 0 Å². The van der Waals surface area contributed by atoms with E-state index in [1.807, 2.05) is 22.7 Å². The maximum atomic E-state index is 2.50. The second-order valence-corrected chi connectivity index (χ2v) is 22.5. The number of aryl methyl sites for hydroxylation is 4. The van der Waals surface area contributed by atoms with E-state index in [1.54, 1.807) is 0 Å². The average Bonchev–Trinajstić information content (AvgIpc) is 4.13. The van der Waals surface area contributed by atoms with E-state index < -0.39 is 0 Å². The molecule has 12 rings (SSSR count). The van der Waals surface area contributed by atoms with E-state index in [2.05, 4.69) is 237 Å². The number of hydrogen-bond donors (Lipinski definition) is 0. The summed E-state index contributed by atoms with van der Waals surface area (Å²) in [5, 5.41) is 0. The van der Waals surface area contributed by atoms with Crippen LogP contribution in [0.5, 0.6) is 0 Å². The molecule has 8 aromatic carbocycles. The van der Waals surface area contributed by atoms with Crippen molar-refractivity contribution in [2.45, 2.75) is 66.2 Å². The van der Waals surface area contributed by atoms with Crippen LogP contribution in [-0.4, -0.2) is 0 Å². The number of fused-ring (bicyclic) bond motifs is 6. The smallest absolute Gasteiger partial charge is 0.0449 e. The second kappa shape index (κ2) is 15.9. The van der Waals surface area contributed by atoms with Crippen molar-refractivity contribution in [1.29, 1.82) is 0 Å². The maximum absolute atomic E-state index is 2.50. The van der Waals surface area contributed by atoms with Crippen LogP contribution < -0.4 is 0 Å². The third kappa shape index (κ3) is 6.83. The molecule has 0 nitrogen and oxygen atoms in total. The minimum absolute atomic E-state index is 0.106. The highest BCUT2D eigenvalue weighted by Crippen LogP contribution is 2.54. The quantitative estimate of drug-likeness (QED) is 0.149. The molecular formula is C66H54S2. The fourth-order valence-corrected chi connectivity index (χ4v) is 13.5. The molecule has 2 aliphatic rings. The minimum Gasteiger partial charge on any atom is -0.134 e. The lowest BCUT2D eigenvalue weighted by Gasteiger charge is -2.23. The Kier molecular flexibility index (Phi) is 9.93. The van der Waals surface area contributed by atoms with Crippen LogP contribution in [0.15, 0.2) is 182 Å². The fraction of sp³-hybridized carbons (Fsp3) is 0.152. The molecule has 0 saturated carbocycles. The van der Waals surface area contributed by atoms with Gasteiger partial charge in [-0.15, -0.1) is 22.7 Å². The lowest BCUT2D eigenvalue weighted by Crippen LogP contribution is -2.15. The van der Waals surface area contributed by atoms with Crippen LogP contribution in [0.3, 0.4) is 0 Å². The zero-order valence-electron chi connectivity index (χ0n) is 40.1. The Hall–Kier alpha value is -6.84. The van der Waals surface area contributed by atoms with Gasteiger partial charge in [-0.1, -0.05) is 149 Å². The molecule has 68 heavy (non-hydrogen) atoms. The SMILES string of the molecule is Cc1ccc(-c2ccc(-c3ccc(-c4ccc(C)c(-c5cc6c(cc5C)-c5ccc(-c7ccccc7)cc5C6(C)C)c4)s3)s2)cc1-c1cc2c(cc1C)-c1ccc(-c3ccccc3)cc1C2(C)C. The van der Waals surface area contributed by atoms with Crippen molar-refractivity contribution in [2.24, 2.45) is 0 Å². The van der Waals surface area contributed by atoms with Crippen molar-refractivity contribution in [3.63, 3.8) is 0 Å². The van der Waals surface area contributed by atoms with Gasteiger partial charge in [0, 0.05) is 30.3 Å². The Labute approximate surface area is 410 Å². The highest BCUT2D eigenvalue weighted by molar-refractivity contribution is 7.25. The van der Waals surface area contributed by atoms with Crippen LogP contribution in [0.2, 0.25) is 0 Å². The molecule has 2 aromatic heterocycles. The van der Waals surface area contributed by atoms with Crippen molar-refractivity contribution in [2.75, 3.05) is 0 Å². The molecule has 2 aliphatic carbocycles. The molecular weight excluding hydrogens is 857 g/mol. The van der Waals surface area contributed by atoms with Crippen LogP contribution in [0, 0.1) is 27.7 Å². The van der Waals surface area contributed by atoms with Crippen LogP contribution in [0.4, 0.5) is 0 Å². The van der Waals surface area contributed by atoms with E-state index in [9.17, 15) is 0 Å². The molecule has 0 unspecified atom stereocenters. The Morgan fingerprint density at radius 1 is 0.250 bits per heavy atom. The molecule has 0 amide bonds. The zero-order chi connectivity index (χ0) is 46.6. The lowest BCUT2D eigenvalue weighted by atomic mass is 9.80. The highest BCUT2D eigenvalue weighted by Gasteiger charge is 2.38. The first kappa shape index (κ1) is 42.5. The van der Waals surface area contributed by atoms with Crippen LogP contribution in [0.1, 0.15) is 72.2 Å². The summed E-state index contributed by atoms with van der Waals surface area (Å²) in [4.78, 5) is 5.20. The molecule has 0 spiro atoms. The molecule has 2 heteroatoms. The Bertz CT molecular complexity index is 3400. The van der Waals surface area contributed by atoms with Crippen LogP contribution >= 0.6 is 22.7 Å². The zero-order valence-corrected chi connectivity index (χ0v) is 41.8. The first-order chi connectivity index (χ1) is 32.8. The normalized spacial score (nSPS) is 13.8. The first-order valence-corrected chi connectivity index (χ1v) is 25.6. The van der Waals surface area contributed by atoms with E-state index in [0.29, 0.717) is 0 Å². The third-order valence-corrected chi connectivity index (χ3v) is 17.8. The molecule has 0 aliphatic heterocycles. The summed E-state index contributed by atoms with van der Waals surface area (Å²) >= 11 is 3.79. The molecule has 0 bridgehead atoms. The highest BCUT2D eigenvalue weighted by atomic mass is 32.1. The van der Waals surface area contributed by atoms with Gasteiger partial charge in [-0.05, 0) is 211 Å². The van der Waals surface area contributed by atoms with Gasteiger partial charge < -0.3 is 0 Å². The average molecular weight is 911 g/mol. The fourth-order valence-electron chi connectivity index (χ4n) is 11.4. The Morgan fingerprint density at radius 3 is 1.01 bits per heavy atom. The van der Waals surface area contributed by atoms with Crippen molar-refractivity contribution < 1.29 is 0 Å². The Morgan fingerprint density at radius 2 is 0.603 bits per heavy atom. The number of thiophene rings is 2. The van der Waals surface area contributed by atoms with Crippen molar-refractivity contribution in [3.05, 3.63) is 226 Å². The first-order valence-electron chi connectivity index (χ1n) is 24.0.